The molecule has 2 amide bonds. The van der Waals surface area contributed by atoms with Gasteiger partial charge in [0.15, 0.2) is 0 Å². The molecular weight excluding hydrogens is 461 g/mol. The topological polar surface area (TPSA) is 76.7 Å². The normalized spacial score (nSPS) is 11.0. The van der Waals surface area contributed by atoms with E-state index >= 15 is 0 Å². The zero-order chi connectivity index (χ0) is 25.4. The van der Waals surface area contributed by atoms with Gasteiger partial charge in [-0.1, -0.05) is 24.3 Å². The van der Waals surface area contributed by atoms with Crippen molar-refractivity contribution in [2.75, 3.05) is 25.6 Å². The molecule has 3 rings (SSSR count). The third-order valence-electron chi connectivity index (χ3n) is 5.18. The van der Waals surface area contributed by atoms with E-state index in [1.165, 1.54) is 19.2 Å². The highest BCUT2D eigenvalue weighted by Gasteiger charge is 2.30. The second kappa shape index (κ2) is 11.4. The number of hydrogen-bond donors (Lipinski definition) is 2. The van der Waals surface area contributed by atoms with E-state index in [-0.39, 0.29) is 5.91 Å². The molecule has 0 bridgehead atoms. The summed E-state index contributed by atoms with van der Waals surface area (Å²) < 4.78 is 48.9. The number of anilines is 1. The molecule has 0 aliphatic carbocycles. The highest BCUT2D eigenvalue weighted by molar-refractivity contribution is 6.09. The van der Waals surface area contributed by atoms with Crippen LogP contribution < -0.4 is 15.4 Å². The van der Waals surface area contributed by atoms with Crippen LogP contribution in [0.15, 0.2) is 66.7 Å². The van der Waals surface area contributed by atoms with E-state index in [1.807, 2.05) is 0 Å². The second-order valence-corrected chi connectivity index (χ2v) is 7.67. The van der Waals surface area contributed by atoms with Crippen LogP contribution in [-0.4, -0.2) is 32.3 Å². The second-order valence-electron chi connectivity index (χ2n) is 7.67. The lowest BCUT2D eigenvalue weighted by Crippen LogP contribution is -2.25. The summed E-state index contributed by atoms with van der Waals surface area (Å²) >= 11 is 0. The first-order valence-electron chi connectivity index (χ1n) is 10.8. The Labute approximate surface area is 201 Å². The molecule has 2 N–H and O–H groups in total. The maximum Gasteiger partial charge on any atom is 0.416 e. The lowest BCUT2D eigenvalue weighted by molar-refractivity contribution is -0.137. The van der Waals surface area contributed by atoms with E-state index in [9.17, 15) is 22.8 Å². The molecule has 6 nitrogen and oxygen atoms in total. The Balaban J connectivity index is 1.66. The van der Waals surface area contributed by atoms with Crippen molar-refractivity contribution in [2.45, 2.75) is 19.5 Å². The number of carbonyl (C=O) groups excluding carboxylic acids is 2. The monoisotopic (exact) mass is 486 g/mol. The number of hydrogen-bond acceptors (Lipinski definition) is 4. The highest BCUT2D eigenvalue weighted by atomic mass is 19.4. The Morgan fingerprint density at radius 2 is 1.63 bits per heavy atom. The van der Waals surface area contributed by atoms with Gasteiger partial charge < -0.3 is 20.1 Å². The number of benzene rings is 3. The van der Waals surface area contributed by atoms with Crippen molar-refractivity contribution in [1.82, 2.24) is 5.32 Å². The van der Waals surface area contributed by atoms with Gasteiger partial charge in [0.05, 0.1) is 19.3 Å². The summed E-state index contributed by atoms with van der Waals surface area (Å²) in [7, 11) is 1.29. The van der Waals surface area contributed by atoms with Crippen LogP contribution in [0.2, 0.25) is 0 Å². The third-order valence-corrected chi connectivity index (χ3v) is 5.18. The maximum atomic E-state index is 13.0. The average molecular weight is 486 g/mol. The fourth-order valence-electron chi connectivity index (χ4n) is 3.42. The quantitative estimate of drug-likeness (QED) is 0.380. The highest BCUT2D eigenvalue weighted by Crippen LogP contribution is 2.33. The van der Waals surface area contributed by atoms with Gasteiger partial charge in [-0.15, -0.1) is 0 Å². The zero-order valence-electron chi connectivity index (χ0n) is 19.2. The van der Waals surface area contributed by atoms with Crippen LogP contribution in [0, 0.1) is 6.92 Å². The van der Waals surface area contributed by atoms with Crippen molar-refractivity contribution in [3.63, 3.8) is 0 Å². The van der Waals surface area contributed by atoms with E-state index in [1.54, 1.807) is 49.4 Å². The fourth-order valence-corrected chi connectivity index (χ4v) is 3.42. The molecular formula is C26H25F3N2O4. The van der Waals surface area contributed by atoms with Gasteiger partial charge in [-0.05, 0) is 72.5 Å². The minimum Gasteiger partial charge on any atom is -0.494 e. The maximum absolute atomic E-state index is 13.0. The first-order chi connectivity index (χ1) is 16.7. The molecule has 3 aromatic rings. The Morgan fingerprint density at radius 1 is 0.943 bits per heavy atom. The van der Waals surface area contributed by atoms with Gasteiger partial charge in [0.2, 0.25) is 0 Å². The smallest absolute Gasteiger partial charge is 0.416 e. The molecule has 0 unspecified atom stereocenters. The molecule has 0 radical (unpaired) electrons. The number of alkyl halides is 3. The van der Waals surface area contributed by atoms with Crippen LogP contribution in [0.4, 0.5) is 23.7 Å². The summed E-state index contributed by atoms with van der Waals surface area (Å²) in [5.74, 6) is 0.216. The van der Waals surface area contributed by atoms with Crippen LogP contribution in [0.5, 0.6) is 5.75 Å². The minimum absolute atomic E-state index is 0.350. The van der Waals surface area contributed by atoms with Crippen molar-refractivity contribution in [3.8, 4) is 16.9 Å². The van der Waals surface area contributed by atoms with Crippen LogP contribution in [0.25, 0.3) is 11.1 Å². The molecule has 3 aromatic carbocycles. The molecule has 0 aliphatic heterocycles. The Hall–Kier alpha value is -4.01. The van der Waals surface area contributed by atoms with E-state index in [0.29, 0.717) is 47.7 Å². The molecule has 9 heteroatoms. The van der Waals surface area contributed by atoms with Crippen molar-refractivity contribution < 1.29 is 32.2 Å². The number of nitrogens with one attached hydrogen (secondary N) is 2. The minimum atomic E-state index is -4.43. The summed E-state index contributed by atoms with van der Waals surface area (Å²) in [5.41, 5.74) is 1.99. The van der Waals surface area contributed by atoms with Gasteiger partial charge >= 0.3 is 12.3 Å². The van der Waals surface area contributed by atoms with Crippen LogP contribution in [0.1, 0.15) is 27.9 Å². The number of carbonyl (C=O) groups is 2. The number of ether oxygens (including phenoxy) is 2. The summed E-state index contributed by atoms with van der Waals surface area (Å²) in [4.78, 5) is 24.0. The predicted molar refractivity (Wildman–Crippen MR) is 127 cm³/mol. The molecule has 0 aliphatic rings. The first-order valence-corrected chi connectivity index (χ1v) is 10.8. The predicted octanol–water partition coefficient (Wildman–Crippen LogP) is 6.06. The fraction of sp³-hybridized carbons (Fsp3) is 0.231. The third kappa shape index (κ3) is 6.99. The molecule has 184 valence electrons. The van der Waals surface area contributed by atoms with E-state index in [4.69, 9.17) is 4.74 Å². The Morgan fingerprint density at radius 3 is 2.26 bits per heavy atom. The van der Waals surface area contributed by atoms with Gasteiger partial charge in [0.25, 0.3) is 5.91 Å². The number of rotatable bonds is 8. The van der Waals surface area contributed by atoms with Gasteiger partial charge in [0, 0.05) is 17.8 Å². The number of aryl methyl sites for hydroxylation is 1. The summed E-state index contributed by atoms with van der Waals surface area (Å²) in [5, 5.41) is 5.37. The zero-order valence-corrected chi connectivity index (χ0v) is 19.2. The SMILES string of the molecule is COC(=O)NCCCOc1ccc(NC(=O)c2cccc(C)c2-c2ccc(C(F)(F)F)cc2)cc1. The van der Waals surface area contributed by atoms with Gasteiger partial charge in [0.1, 0.15) is 5.75 Å². The van der Waals surface area contributed by atoms with Crippen LogP contribution >= 0.6 is 0 Å². The van der Waals surface area contributed by atoms with Crippen molar-refractivity contribution in [3.05, 3.63) is 83.4 Å². The average Bonchev–Trinajstić information content (AvgIpc) is 2.84. The molecule has 0 saturated carbocycles. The molecule has 0 fully saturated rings. The van der Waals surface area contributed by atoms with Crippen molar-refractivity contribution in [1.29, 1.82) is 0 Å². The largest absolute Gasteiger partial charge is 0.494 e. The lowest BCUT2D eigenvalue weighted by Gasteiger charge is -2.15. The summed E-state index contributed by atoms with van der Waals surface area (Å²) in [6.45, 7) is 2.60. The summed E-state index contributed by atoms with van der Waals surface area (Å²) in [6, 6.07) is 16.7. The molecule has 0 heterocycles. The Bertz CT molecular complexity index is 1160. The lowest BCUT2D eigenvalue weighted by atomic mass is 9.94. The van der Waals surface area contributed by atoms with Gasteiger partial charge in [-0.2, -0.15) is 13.2 Å². The molecule has 0 spiro atoms. The van der Waals surface area contributed by atoms with E-state index in [0.717, 1.165) is 17.7 Å². The van der Waals surface area contributed by atoms with Crippen LogP contribution in [-0.2, 0) is 10.9 Å². The van der Waals surface area contributed by atoms with Gasteiger partial charge in [-0.25, -0.2) is 4.79 Å². The van der Waals surface area contributed by atoms with E-state index in [2.05, 4.69) is 15.4 Å². The molecule has 0 saturated heterocycles. The number of amides is 2. The number of alkyl carbamates (subject to hydrolysis) is 1. The van der Waals surface area contributed by atoms with Gasteiger partial charge in [-0.3, -0.25) is 4.79 Å². The summed E-state index contributed by atoms with van der Waals surface area (Å²) in [6.07, 6.45) is -4.34. The number of halogens is 3. The standard InChI is InChI=1S/C26H25F3N2O4/c1-17-5-3-6-22(23(17)18-7-9-19(10-8-18)26(27,28)29)24(32)31-20-11-13-21(14-12-20)35-16-4-15-30-25(33)34-2/h3,5-14H,4,15-16H2,1-2H3,(H,30,33)(H,31,32). The van der Waals surface area contributed by atoms with E-state index < -0.39 is 17.8 Å². The van der Waals surface area contributed by atoms with Crippen LogP contribution in [0.3, 0.4) is 0 Å². The molecule has 0 atom stereocenters. The molecule has 35 heavy (non-hydrogen) atoms. The van der Waals surface area contributed by atoms with Crippen molar-refractivity contribution >= 4 is 17.7 Å². The Kier molecular flexibility index (Phi) is 8.35. The number of methoxy groups -OCH3 is 1. The van der Waals surface area contributed by atoms with Crippen molar-refractivity contribution in [2.24, 2.45) is 0 Å². The first kappa shape index (κ1) is 25.6. The molecule has 0 aromatic heterocycles.